The second-order valence-electron chi connectivity index (χ2n) is 6.66. The van der Waals surface area contributed by atoms with Crippen molar-refractivity contribution in [1.82, 2.24) is 0 Å². The van der Waals surface area contributed by atoms with Crippen molar-refractivity contribution in [2.75, 3.05) is 19.0 Å². The number of rotatable bonds is 10. The minimum absolute atomic E-state index is 0.334. The van der Waals surface area contributed by atoms with Gasteiger partial charge in [0.25, 0.3) is 0 Å². The van der Waals surface area contributed by atoms with E-state index in [-0.39, 0.29) is 6.61 Å². The smallest absolute Gasteiger partial charge is 0.341 e. The fourth-order valence-corrected chi connectivity index (χ4v) is 3.25. The Kier molecular flexibility index (Phi) is 7.80. The molecule has 2 aromatic carbocycles. The molecule has 0 saturated heterocycles. The van der Waals surface area contributed by atoms with E-state index >= 15 is 0 Å². The lowest BCUT2D eigenvalue weighted by Gasteiger charge is -2.11. The molecule has 1 N–H and O–H groups in total. The fraction of sp³-hybridized carbons (Fsp3) is 0.318. The van der Waals surface area contributed by atoms with E-state index in [9.17, 15) is 4.79 Å². The monoisotopic (exact) mass is 386 g/mol. The highest BCUT2D eigenvalue weighted by atomic mass is 32.2. The third kappa shape index (κ3) is 7.02. The van der Waals surface area contributed by atoms with Gasteiger partial charge in [0.2, 0.25) is 0 Å². The molecule has 2 aromatic rings. The Balaban J connectivity index is 1.79. The van der Waals surface area contributed by atoms with Gasteiger partial charge in [-0.2, -0.15) is 0 Å². The van der Waals surface area contributed by atoms with Crippen molar-refractivity contribution in [1.29, 1.82) is 0 Å². The van der Waals surface area contributed by atoms with Gasteiger partial charge in [-0.15, -0.1) is 11.8 Å². The van der Waals surface area contributed by atoms with E-state index in [1.165, 1.54) is 5.56 Å². The summed E-state index contributed by atoms with van der Waals surface area (Å²) in [4.78, 5) is 11.7. The topological polar surface area (TPSA) is 55.8 Å². The van der Waals surface area contributed by atoms with Crippen LogP contribution < -0.4 is 9.47 Å². The van der Waals surface area contributed by atoms with E-state index in [0.29, 0.717) is 18.3 Å². The largest absolute Gasteiger partial charge is 0.489 e. The first-order chi connectivity index (χ1) is 12.8. The molecule has 144 valence electrons. The van der Waals surface area contributed by atoms with Crippen molar-refractivity contribution in [2.45, 2.75) is 31.6 Å². The zero-order valence-electron chi connectivity index (χ0n) is 16.0. The number of ether oxygens (including phenoxy) is 2. The highest BCUT2D eigenvalue weighted by molar-refractivity contribution is 7.99. The van der Waals surface area contributed by atoms with Crippen molar-refractivity contribution in [2.24, 2.45) is 0 Å². The molecule has 0 bridgehead atoms. The van der Waals surface area contributed by atoms with Gasteiger partial charge in [-0.25, -0.2) is 4.79 Å². The molecule has 0 radical (unpaired) electrons. The highest BCUT2D eigenvalue weighted by Gasteiger charge is 2.06. The molecule has 5 heteroatoms. The van der Waals surface area contributed by atoms with Gasteiger partial charge in [0.05, 0.1) is 0 Å². The van der Waals surface area contributed by atoms with Crippen LogP contribution in [0.25, 0.3) is 0 Å². The Hall–Kier alpha value is -2.40. The molecular formula is C22H26O4S. The van der Waals surface area contributed by atoms with Crippen LogP contribution in [0.5, 0.6) is 11.5 Å². The van der Waals surface area contributed by atoms with Gasteiger partial charge in [0, 0.05) is 10.6 Å². The Labute approximate surface area is 165 Å². The number of hydrogen-bond acceptors (Lipinski definition) is 4. The summed E-state index contributed by atoms with van der Waals surface area (Å²) in [5.74, 6) is 1.71. The van der Waals surface area contributed by atoms with Crippen LogP contribution in [0.4, 0.5) is 0 Å². The molecule has 0 unspecified atom stereocenters. The number of carbonyl (C=O) groups is 1. The summed E-state index contributed by atoms with van der Waals surface area (Å²) in [5, 5.41) is 8.69. The molecule has 2 rings (SSSR count). The minimum atomic E-state index is -0.983. The maximum Gasteiger partial charge on any atom is 0.341 e. The van der Waals surface area contributed by atoms with E-state index in [2.05, 4.69) is 32.6 Å². The predicted octanol–water partition coefficient (Wildman–Crippen LogP) is 5.31. The quantitative estimate of drug-likeness (QED) is 0.443. The second kappa shape index (κ2) is 10.1. The molecule has 0 aliphatic rings. The molecule has 27 heavy (non-hydrogen) atoms. The molecule has 0 spiro atoms. The molecule has 0 atom stereocenters. The molecule has 0 aromatic heterocycles. The van der Waals surface area contributed by atoms with E-state index in [0.717, 1.165) is 27.5 Å². The molecule has 0 saturated carbocycles. The summed E-state index contributed by atoms with van der Waals surface area (Å²) >= 11 is 1.67. The van der Waals surface area contributed by atoms with Crippen molar-refractivity contribution >= 4 is 17.7 Å². The zero-order chi connectivity index (χ0) is 19.8. The molecular weight excluding hydrogens is 360 g/mol. The molecule has 0 fully saturated rings. The number of carboxylic acid groups (broad SMARTS) is 1. The van der Waals surface area contributed by atoms with Crippen LogP contribution in [0.3, 0.4) is 0 Å². The van der Waals surface area contributed by atoms with Gasteiger partial charge in [-0.05, 0) is 59.9 Å². The van der Waals surface area contributed by atoms with Crippen LogP contribution in [0, 0.1) is 6.92 Å². The lowest BCUT2D eigenvalue weighted by molar-refractivity contribution is -0.139. The minimum Gasteiger partial charge on any atom is -0.489 e. The number of benzene rings is 2. The third-order valence-corrected chi connectivity index (χ3v) is 5.07. The van der Waals surface area contributed by atoms with Crippen molar-refractivity contribution < 1.29 is 19.4 Å². The summed E-state index contributed by atoms with van der Waals surface area (Å²) in [7, 11) is 0. The molecule has 0 aliphatic carbocycles. The number of aliphatic carboxylic acids is 1. The normalized spacial score (nSPS) is 10.7. The third-order valence-electron chi connectivity index (χ3n) is 3.93. The summed E-state index contributed by atoms with van der Waals surface area (Å²) in [6.45, 7) is 10.5. The highest BCUT2D eigenvalue weighted by Crippen LogP contribution is 2.27. The summed E-state index contributed by atoms with van der Waals surface area (Å²) in [5.41, 5.74) is 3.20. The van der Waals surface area contributed by atoms with Crippen molar-refractivity contribution in [3.63, 3.8) is 0 Å². The van der Waals surface area contributed by atoms with Gasteiger partial charge < -0.3 is 14.6 Å². The second-order valence-corrected chi connectivity index (χ2v) is 7.71. The maximum absolute atomic E-state index is 10.6. The average molecular weight is 387 g/mol. The summed E-state index contributed by atoms with van der Waals surface area (Å²) < 4.78 is 11.0. The molecule has 0 amide bonds. The van der Waals surface area contributed by atoms with Gasteiger partial charge in [-0.3, -0.25) is 0 Å². The van der Waals surface area contributed by atoms with Gasteiger partial charge in [0.1, 0.15) is 18.1 Å². The lowest BCUT2D eigenvalue weighted by atomic mass is 10.0. The molecule has 0 heterocycles. The Morgan fingerprint density at radius 2 is 1.81 bits per heavy atom. The van der Waals surface area contributed by atoms with Crippen LogP contribution in [-0.2, 0) is 4.79 Å². The van der Waals surface area contributed by atoms with Crippen LogP contribution >= 0.6 is 11.8 Å². The van der Waals surface area contributed by atoms with Crippen molar-refractivity contribution in [3.8, 4) is 11.5 Å². The SMILES string of the molecule is C=C(COc1ccc(C(C)C)cc1)CSc1ccc(OCC(=O)O)c(C)c1. The summed E-state index contributed by atoms with van der Waals surface area (Å²) in [6.07, 6.45) is 0. The van der Waals surface area contributed by atoms with Crippen molar-refractivity contribution in [3.05, 3.63) is 65.7 Å². The first kappa shape index (κ1) is 20.9. The standard InChI is InChI=1S/C22H26O4S/c1-15(2)18-5-7-19(8-6-18)25-12-16(3)14-27-20-9-10-21(17(4)11-20)26-13-22(23)24/h5-11,15H,3,12-14H2,1-2,4H3,(H,23,24). The average Bonchev–Trinajstić information content (AvgIpc) is 2.64. The first-order valence-corrected chi connectivity index (χ1v) is 9.81. The fourth-order valence-electron chi connectivity index (χ4n) is 2.37. The number of thioether (sulfide) groups is 1. The van der Waals surface area contributed by atoms with Gasteiger partial charge in [-0.1, -0.05) is 32.6 Å². The van der Waals surface area contributed by atoms with Crippen LogP contribution in [0.15, 0.2) is 59.5 Å². The predicted molar refractivity (Wildman–Crippen MR) is 110 cm³/mol. The Bertz CT molecular complexity index is 781. The number of aryl methyl sites for hydroxylation is 1. The van der Waals surface area contributed by atoms with E-state index in [1.54, 1.807) is 17.8 Å². The Morgan fingerprint density at radius 1 is 1.11 bits per heavy atom. The first-order valence-electron chi connectivity index (χ1n) is 8.82. The van der Waals surface area contributed by atoms with Crippen LogP contribution in [-0.4, -0.2) is 30.0 Å². The van der Waals surface area contributed by atoms with Gasteiger partial charge >= 0.3 is 5.97 Å². The Morgan fingerprint density at radius 3 is 2.41 bits per heavy atom. The van der Waals surface area contributed by atoms with Crippen LogP contribution in [0.1, 0.15) is 30.9 Å². The maximum atomic E-state index is 10.6. The lowest BCUT2D eigenvalue weighted by Crippen LogP contribution is -2.10. The number of hydrogen-bond donors (Lipinski definition) is 1. The summed E-state index contributed by atoms with van der Waals surface area (Å²) in [6, 6.07) is 13.9. The van der Waals surface area contributed by atoms with E-state index in [4.69, 9.17) is 14.6 Å². The molecule has 0 aliphatic heterocycles. The number of carboxylic acids is 1. The van der Waals surface area contributed by atoms with E-state index < -0.39 is 5.97 Å². The zero-order valence-corrected chi connectivity index (χ0v) is 16.8. The van der Waals surface area contributed by atoms with E-state index in [1.807, 2.05) is 31.2 Å². The molecule has 4 nitrogen and oxygen atoms in total. The van der Waals surface area contributed by atoms with Crippen LogP contribution in [0.2, 0.25) is 0 Å². The van der Waals surface area contributed by atoms with Gasteiger partial charge in [0.15, 0.2) is 6.61 Å².